The van der Waals surface area contributed by atoms with Crippen molar-refractivity contribution in [1.29, 1.82) is 0 Å². The lowest BCUT2D eigenvalue weighted by Crippen LogP contribution is -2.15. The van der Waals surface area contributed by atoms with Crippen LogP contribution >= 0.6 is 11.8 Å². The van der Waals surface area contributed by atoms with Gasteiger partial charge in [-0.25, -0.2) is 9.97 Å². The molecule has 0 saturated heterocycles. The van der Waals surface area contributed by atoms with Gasteiger partial charge in [0.15, 0.2) is 5.16 Å². The number of aliphatic hydroxyl groups excluding tert-OH is 1. The van der Waals surface area contributed by atoms with E-state index in [1.165, 1.54) is 11.8 Å². The molecule has 2 atom stereocenters. The lowest BCUT2D eigenvalue weighted by atomic mass is 10.3. The van der Waals surface area contributed by atoms with Gasteiger partial charge in [0.25, 0.3) is 0 Å². The topological polar surface area (TPSA) is 46.0 Å². The normalized spacial score (nSPS) is 15.4. The summed E-state index contributed by atoms with van der Waals surface area (Å²) >= 11 is 1.49. The summed E-state index contributed by atoms with van der Waals surface area (Å²) in [6.07, 6.45) is 1.40. The molecule has 1 aromatic rings. The van der Waals surface area contributed by atoms with Crippen LogP contribution in [0.4, 0.5) is 0 Å². The van der Waals surface area contributed by atoms with Crippen LogP contribution in [0.3, 0.4) is 0 Å². The van der Waals surface area contributed by atoms with Crippen LogP contribution in [0.25, 0.3) is 0 Å². The molecule has 0 aliphatic rings. The molecule has 3 nitrogen and oxygen atoms in total. The standard InChI is InChI=1S/C9H14N2OS/c1-6-4-5-10-9(11-6)13-8(3)7(2)12/h4-5,7-8,12H,1-3H3. The van der Waals surface area contributed by atoms with Crippen molar-refractivity contribution in [3.63, 3.8) is 0 Å². The largest absolute Gasteiger partial charge is 0.392 e. The van der Waals surface area contributed by atoms with Crippen LogP contribution in [0.15, 0.2) is 17.4 Å². The highest BCUT2D eigenvalue weighted by molar-refractivity contribution is 7.99. The van der Waals surface area contributed by atoms with E-state index >= 15 is 0 Å². The van der Waals surface area contributed by atoms with Crippen molar-refractivity contribution in [3.8, 4) is 0 Å². The number of hydrogen-bond acceptors (Lipinski definition) is 4. The van der Waals surface area contributed by atoms with Crippen molar-refractivity contribution in [3.05, 3.63) is 18.0 Å². The number of rotatable bonds is 3. The Morgan fingerprint density at radius 2 is 2.15 bits per heavy atom. The molecule has 1 N–H and O–H groups in total. The fourth-order valence-corrected chi connectivity index (χ4v) is 1.60. The molecular weight excluding hydrogens is 184 g/mol. The first-order valence-electron chi connectivity index (χ1n) is 4.24. The molecular formula is C9H14N2OS. The zero-order valence-electron chi connectivity index (χ0n) is 8.06. The Morgan fingerprint density at radius 1 is 1.46 bits per heavy atom. The van der Waals surface area contributed by atoms with Crippen LogP contribution in [-0.2, 0) is 0 Å². The molecule has 0 spiro atoms. The van der Waals surface area contributed by atoms with Gasteiger partial charge in [-0.05, 0) is 19.9 Å². The lowest BCUT2D eigenvalue weighted by Gasteiger charge is -2.12. The first-order chi connectivity index (χ1) is 6.09. The van der Waals surface area contributed by atoms with Gasteiger partial charge in [0, 0.05) is 17.1 Å². The Hall–Kier alpha value is -0.610. The van der Waals surface area contributed by atoms with Gasteiger partial charge in [0.05, 0.1) is 6.10 Å². The third-order valence-electron chi connectivity index (χ3n) is 1.74. The summed E-state index contributed by atoms with van der Waals surface area (Å²) in [6, 6.07) is 1.86. The molecule has 0 aliphatic heterocycles. The first-order valence-corrected chi connectivity index (χ1v) is 5.12. The molecule has 0 bridgehead atoms. The highest BCUT2D eigenvalue weighted by Crippen LogP contribution is 2.21. The van der Waals surface area contributed by atoms with Gasteiger partial charge in [0.1, 0.15) is 0 Å². The Morgan fingerprint density at radius 3 is 2.69 bits per heavy atom. The Labute approximate surface area is 82.6 Å². The van der Waals surface area contributed by atoms with E-state index in [0.717, 1.165) is 10.9 Å². The van der Waals surface area contributed by atoms with E-state index in [2.05, 4.69) is 9.97 Å². The van der Waals surface area contributed by atoms with E-state index in [1.54, 1.807) is 13.1 Å². The second-order valence-corrected chi connectivity index (χ2v) is 4.39. The molecule has 0 amide bonds. The van der Waals surface area contributed by atoms with Gasteiger partial charge >= 0.3 is 0 Å². The van der Waals surface area contributed by atoms with Crippen molar-refractivity contribution in [2.24, 2.45) is 0 Å². The van der Waals surface area contributed by atoms with Gasteiger partial charge in [-0.15, -0.1) is 0 Å². The average Bonchev–Trinajstić information content (AvgIpc) is 2.04. The van der Waals surface area contributed by atoms with Crippen LogP contribution in [-0.4, -0.2) is 26.4 Å². The molecule has 0 fully saturated rings. The second kappa shape index (κ2) is 4.58. The maximum Gasteiger partial charge on any atom is 0.188 e. The molecule has 0 saturated carbocycles. The van der Waals surface area contributed by atoms with Crippen molar-refractivity contribution < 1.29 is 5.11 Å². The van der Waals surface area contributed by atoms with Crippen LogP contribution in [0, 0.1) is 6.92 Å². The Kier molecular flexibility index (Phi) is 3.69. The van der Waals surface area contributed by atoms with Crippen LogP contribution in [0.2, 0.25) is 0 Å². The van der Waals surface area contributed by atoms with Crippen LogP contribution in [0.5, 0.6) is 0 Å². The molecule has 1 aromatic heterocycles. The van der Waals surface area contributed by atoms with Gasteiger partial charge in [0.2, 0.25) is 0 Å². The number of nitrogens with zero attached hydrogens (tertiary/aromatic N) is 2. The quantitative estimate of drug-likeness (QED) is 0.592. The molecule has 13 heavy (non-hydrogen) atoms. The number of aryl methyl sites for hydroxylation is 1. The minimum atomic E-state index is -0.339. The smallest absolute Gasteiger partial charge is 0.188 e. The summed E-state index contributed by atoms with van der Waals surface area (Å²) < 4.78 is 0. The SMILES string of the molecule is Cc1ccnc(SC(C)C(C)O)n1. The monoisotopic (exact) mass is 198 g/mol. The predicted molar refractivity (Wildman–Crippen MR) is 53.8 cm³/mol. The lowest BCUT2D eigenvalue weighted by molar-refractivity contribution is 0.196. The highest BCUT2D eigenvalue weighted by Gasteiger charge is 2.11. The number of aromatic nitrogens is 2. The zero-order valence-corrected chi connectivity index (χ0v) is 8.88. The van der Waals surface area contributed by atoms with Crippen LogP contribution in [0.1, 0.15) is 19.5 Å². The minimum Gasteiger partial charge on any atom is -0.392 e. The summed E-state index contributed by atoms with van der Waals surface area (Å²) in [5, 5.41) is 10.1. The fourth-order valence-electron chi connectivity index (χ4n) is 0.747. The maximum atomic E-state index is 9.28. The van der Waals surface area contributed by atoms with Gasteiger partial charge in [-0.1, -0.05) is 18.7 Å². The summed E-state index contributed by atoms with van der Waals surface area (Å²) in [5.74, 6) is 0. The van der Waals surface area contributed by atoms with Crippen molar-refractivity contribution in [2.75, 3.05) is 0 Å². The molecule has 1 rings (SSSR count). The number of hydrogen-bond donors (Lipinski definition) is 1. The number of aliphatic hydroxyl groups is 1. The van der Waals surface area contributed by atoms with E-state index in [0.29, 0.717) is 0 Å². The van der Waals surface area contributed by atoms with E-state index in [1.807, 2.05) is 19.9 Å². The molecule has 4 heteroatoms. The highest BCUT2D eigenvalue weighted by atomic mass is 32.2. The Balaban J connectivity index is 2.64. The molecule has 72 valence electrons. The first kappa shape index (κ1) is 10.5. The third kappa shape index (κ3) is 3.32. The molecule has 1 heterocycles. The van der Waals surface area contributed by atoms with Crippen molar-refractivity contribution in [2.45, 2.75) is 37.3 Å². The number of thioether (sulfide) groups is 1. The fraction of sp³-hybridized carbons (Fsp3) is 0.556. The average molecular weight is 198 g/mol. The predicted octanol–water partition coefficient (Wildman–Crippen LogP) is 1.65. The van der Waals surface area contributed by atoms with Crippen molar-refractivity contribution >= 4 is 11.8 Å². The minimum absolute atomic E-state index is 0.127. The summed E-state index contributed by atoms with van der Waals surface area (Å²) in [4.78, 5) is 8.34. The maximum absolute atomic E-state index is 9.28. The summed E-state index contributed by atoms with van der Waals surface area (Å²) in [5.41, 5.74) is 0.954. The zero-order chi connectivity index (χ0) is 9.84. The van der Waals surface area contributed by atoms with Gasteiger partial charge < -0.3 is 5.11 Å². The third-order valence-corrected chi connectivity index (χ3v) is 2.92. The molecule has 0 radical (unpaired) electrons. The van der Waals surface area contributed by atoms with E-state index in [4.69, 9.17) is 0 Å². The summed E-state index contributed by atoms with van der Waals surface area (Å²) in [6.45, 7) is 5.66. The van der Waals surface area contributed by atoms with E-state index in [-0.39, 0.29) is 11.4 Å². The molecule has 0 aromatic carbocycles. The van der Waals surface area contributed by atoms with E-state index < -0.39 is 0 Å². The molecule has 0 aliphatic carbocycles. The van der Waals surface area contributed by atoms with Gasteiger partial charge in [-0.2, -0.15) is 0 Å². The van der Waals surface area contributed by atoms with Crippen LogP contribution < -0.4 is 0 Å². The van der Waals surface area contributed by atoms with Gasteiger partial charge in [-0.3, -0.25) is 0 Å². The van der Waals surface area contributed by atoms with E-state index in [9.17, 15) is 5.11 Å². The van der Waals surface area contributed by atoms with Crippen molar-refractivity contribution in [1.82, 2.24) is 9.97 Å². The molecule has 2 unspecified atom stereocenters. The Bertz CT molecular complexity index is 278. The summed E-state index contributed by atoms with van der Waals surface area (Å²) in [7, 11) is 0. The second-order valence-electron chi connectivity index (χ2n) is 3.04.